The summed E-state index contributed by atoms with van der Waals surface area (Å²) in [5, 5.41) is 4.14. The van der Waals surface area contributed by atoms with Gasteiger partial charge in [-0.25, -0.2) is 0 Å². The van der Waals surface area contributed by atoms with Gasteiger partial charge >= 0.3 is 0 Å². The number of carbonyl (C=O) groups excluding carboxylic acids is 1. The fourth-order valence-electron chi connectivity index (χ4n) is 1.15. The van der Waals surface area contributed by atoms with Crippen LogP contribution in [-0.2, 0) is 17.6 Å². The molecule has 46 valence electrons. The maximum absolute atomic E-state index is 10.8. The van der Waals surface area contributed by atoms with Gasteiger partial charge in [-0.3, -0.25) is 4.79 Å². The van der Waals surface area contributed by atoms with E-state index in [1.54, 1.807) is 11.3 Å². The summed E-state index contributed by atoms with van der Waals surface area (Å²) in [6.07, 6.45) is 1.36. The maximum atomic E-state index is 10.8. The second-order valence-corrected chi connectivity index (χ2v) is 3.06. The molecule has 0 saturated carbocycles. The molecule has 1 heterocycles. The van der Waals surface area contributed by atoms with E-state index in [0.717, 1.165) is 0 Å². The van der Waals surface area contributed by atoms with Crippen molar-refractivity contribution in [2.75, 3.05) is 0 Å². The van der Waals surface area contributed by atoms with Crippen LogP contribution in [0.5, 0.6) is 0 Å². The molecule has 0 saturated heterocycles. The average molecular weight is 138 g/mol. The smallest absolute Gasteiger partial charge is 0.141 e. The fourth-order valence-corrected chi connectivity index (χ4v) is 2.01. The molecular weight excluding hydrogens is 132 g/mol. The zero-order chi connectivity index (χ0) is 6.27. The van der Waals surface area contributed by atoms with Crippen molar-refractivity contribution in [3.8, 4) is 0 Å². The molecule has 0 fully saturated rings. The van der Waals surface area contributed by atoms with Crippen LogP contribution in [-0.4, -0.2) is 5.78 Å². The number of Topliss-reactive ketones (excluding diaryl/α,β-unsaturated/α-hetero) is 1. The molecule has 1 aromatic heterocycles. The zero-order valence-corrected chi connectivity index (χ0v) is 5.70. The molecule has 2 heteroatoms. The second kappa shape index (κ2) is 1.67. The molecule has 0 aliphatic heterocycles. The van der Waals surface area contributed by atoms with Crippen molar-refractivity contribution in [3.05, 3.63) is 21.9 Å². The molecule has 2 rings (SSSR count). The van der Waals surface area contributed by atoms with E-state index in [0.29, 0.717) is 18.6 Å². The van der Waals surface area contributed by atoms with Crippen molar-refractivity contribution >= 4 is 17.1 Å². The van der Waals surface area contributed by atoms with Crippen molar-refractivity contribution in [1.29, 1.82) is 0 Å². The van der Waals surface area contributed by atoms with Gasteiger partial charge in [-0.15, -0.1) is 0 Å². The van der Waals surface area contributed by atoms with Gasteiger partial charge in [0.2, 0.25) is 0 Å². The first-order valence-electron chi connectivity index (χ1n) is 2.92. The van der Waals surface area contributed by atoms with E-state index in [9.17, 15) is 4.79 Å². The van der Waals surface area contributed by atoms with Crippen molar-refractivity contribution in [1.82, 2.24) is 0 Å². The summed E-state index contributed by atoms with van der Waals surface area (Å²) in [4.78, 5) is 10.8. The topological polar surface area (TPSA) is 17.1 Å². The minimum atomic E-state index is 0.368. The monoisotopic (exact) mass is 138 g/mol. The summed E-state index contributed by atoms with van der Waals surface area (Å²) < 4.78 is 0. The number of thiophene rings is 1. The summed E-state index contributed by atoms with van der Waals surface area (Å²) in [5.74, 6) is 0.368. The molecule has 0 aromatic carbocycles. The summed E-state index contributed by atoms with van der Waals surface area (Å²) in [6, 6.07) is 0. The predicted octanol–water partition coefficient (Wildman–Crippen LogP) is 1.42. The SMILES string of the molecule is O=C1Cc2cscc2C1. The minimum absolute atomic E-state index is 0.368. The van der Waals surface area contributed by atoms with Crippen LogP contribution >= 0.6 is 11.3 Å². The highest BCUT2D eigenvalue weighted by Gasteiger charge is 2.17. The van der Waals surface area contributed by atoms with Crippen LogP contribution in [0.4, 0.5) is 0 Å². The van der Waals surface area contributed by atoms with E-state index in [1.165, 1.54) is 11.1 Å². The van der Waals surface area contributed by atoms with E-state index in [2.05, 4.69) is 10.8 Å². The molecule has 0 N–H and O–H groups in total. The van der Waals surface area contributed by atoms with Gasteiger partial charge in [0.25, 0.3) is 0 Å². The van der Waals surface area contributed by atoms with Crippen LogP contribution in [0.1, 0.15) is 11.1 Å². The van der Waals surface area contributed by atoms with Crippen LogP contribution in [0, 0.1) is 0 Å². The molecule has 1 aliphatic carbocycles. The summed E-state index contributed by atoms with van der Waals surface area (Å²) in [6.45, 7) is 0. The minimum Gasteiger partial charge on any atom is -0.299 e. The molecule has 0 atom stereocenters. The molecular formula is C7H6OS. The van der Waals surface area contributed by atoms with Gasteiger partial charge in [0.05, 0.1) is 0 Å². The van der Waals surface area contributed by atoms with E-state index < -0.39 is 0 Å². The van der Waals surface area contributed by atoms with E-state index >= 15 is 0 Å². The number of carbonyl (C=O) groups is 1. The van der Waals surface area contributed by atoms with Gasteiger partial charge in [-0.1, -0.05) is 0 Å². The van der Waals surface area contributed by atoms with E-state index in [4.69, 9.17) is 0 Å². The van der Waals surface area contributed by atoms with Crippen molar-refractivity contribution in [2.45, 2.75) is 12.8 Å². The number of rotatable bonds is 0. The van der Waals surface area contributed by atoms with E-state index in [-0.39, 0.29) is 0 Å². The Balaban J connectivity index is 2.49. The summed E-state index contributed by atoms with van der Waals surface area (Å²) in [5.41, 5.74) is 2.51. The van der Waals surface area contributed by atoms with Crippen molar-refractivity contribution in [3.63, 3.8) is 0 Å². The molecule has 0 spiro atoms. The van der Waals surface area contributed by atoms with Crippen LogP contribution in [0.25, 0.3) is 0 Å². The largest absolute Gasteiger partial charge is 0.299 e. The molecule has 0 unspecified atom stereocenters. The Morgan fingerprint density at radius 2 is 1.78 bits per heavy atom. The highest BCUT2D eigenvalue weighted by atomic mass is 32.1. The molecule has 1 nitrogen and oxygen atoms in total. The Labute approximate surface area is 57.3 Å². The number of fused-ring (bicyclic) bond motifs is 1. The lowest BCUT2D eigenvalue weighted by Gasteiger charge is -1.77. The van der Waals surface area contributed by atoms with Gasteiger partial charge in [-0.2, -0.15) is 11.3 Å². The highest BCUT2D eigenvalue weighted by Crippen LogP contribution is 2.22. The summed E-state index contributed by atoms with van der Waals surface area (Å²) >= 11 is 1.69. The molecule has 0 amide bonds. The predicted molar refractivity (Wildman–Crippen MR) is 36.7 cm³/mol. The highest BCUT2D eigenvalue weighted by molar-refractivity contribution is 7.08. The molecule has 1 aliphatic rings. The number of ketones is 1. The van der Waals surface area contributed by atoms with Crippen LogP contribution in [0.3, 0.4) is 0 Å². The standard InChI is InChI=1S/C7H6OS/c8-7-1-5-3-9-4-6(5)2-7/h3-4H,1-2H2. The Morgan fingerprint density at radius 1 is 1.22 bits per heavy atom. The summed E-state index contributed by atoms with van der Waals surface area (Å²) in [7, 11) is 0. The molecule has 0 radical (unpaired) electrons. The molecule has 1 aromatic rings. The molecule has 9 heavy (non-hydrogen) atoms. The van der Waals surface area contributed by atoms with Crippen LogP contribution in [0.15, 0.2) is 10.8 Å². The van der Waals surface area contributed by atoms with Crippen molar-refractivity contribution in [2.24, 2.45) is 0 Å². The van der Waals surface area contributed by atoms with Crippen LogP contribution < -0.4 is 0 Å². The normalized spacial score (nSPS) is 16.2. The Morgan fingerprint density at radius 3 is 2.33 bits per heavy atom. The molecule has 0 bridgehead atoms. The van der Waals surface area contributed by atoms with Crippen molar-refractivity contribution < 1.29 is 4.79 Å². The maximum Gasteiger partial charge on any atom is 0.141 e. The Kier molecular flexibility index (Phi) is 0.963. The first-order valence-corrected chi connectivity index (χ1v) is 3.86. The first kappa shape index (κ1) is 5.18. The van der Waals surface area contributed by atoms with Crippen LogP contribution in [0.2, 0.25) is 0 Å². The quantitative estimate of drug-likeness (QED) is 0.530. The third-order valence-electron chi connectivity index (χ3n) is 1.61. The van der Waals surface area contributed by atoms with E-state index in [1.807, 2.05) is 0 Å². The lowest BCUT2D eigenvalue weighted by atomic mass is 10.2. The van der Waals surface area contributed by atoms with Gasteiger partial charge < -0.3 is 0 Å². The lowest BCUT2D eigenvalue weighted by molar-refractivity contribution is -0.117. The van der Waals surface area contributed by atoms with Gasteiger partial charge in [0.15, 0.2) is 0 Å². The Hall–Kier alpha value is -0.630. The second-order valence-electron chi connectivity index (χ2n) is 2.31. The fraction of sp³-hybridized carbons (Fsp3) is 0.286. The van der Waals surface area contributed by atoms with Gasteiger partial charge in [0.1, 0.15) is 5.78 Å². The number of hydrogen-bond acceptors (Lipinski definition) is 2. The Bertz CT molecular complexity index is 227. The van der Waals surface area contributed by atoms with Gasteiger partial charge in [-0.05, 0) is 21.9 Å². The average Bonchev–Trinajstić information content (AvgIpc) is 2.22. The zero-order valence-electron chi connectivity index (χ0n) is 4.89. The first-order chi connectivity index (χ1) is 4.36. The number of hydrogen-bond donors (Lipinski definition) is 0. The lowest BCUT2D eigenvalue weighted by Crippen LogP contribution is -1.92. The van der Waals surface area contributed by atoms with Gasteiger partial charge in [0, 0.05) is 12.8 Å². The third-order valence-corrected chi connectivity index (χ3v) is 2.45. The third kappa shape index (κ3) is 0.704.